The van der Waals surface area contributed by atoms with Crippen LogP contribution in [0.4, 0.5) is 13.2 Å². The largest absolute Gasteiger partial charge is 0.481 e. The molecule has 21 heavy (non-hydrogen) atoms. The van der Waals surface area contributed by atoms with Gasteiger partial charge in [0.15, 0.2) is 0 Å². The SMILES string of the molecule is CC1CCC(C(=O)O)CN1Cc1cccc(C(F)(F)F)c1. The first kappa shape index (κ1) is 15.8. The molecule has 1 N–H and O–H groups in total. The minimum absolute atomic E-state index is 0.176. The number of nitrogens with zero attached hydrogens (tertiary/aromatic N) is 1. The Balaban J connectivity index is 2.11. The molecule has 0 aliphatic carbocycles. The smallest absolute Gasteiger partial charge is 0.416 e. The summed E-state index contributed by atoms with van der Waals surface area (Å²) in [5, 5.41) is 9.08. The Hall–Kier alpha value is -1.56. The van der Waals surface area contributed by atoms with Crippen molar-refractivity contribution in [2.45, 2.75) is 38.5 Å². The predicted octanol–water partition coefficient (Wildman–Crippen LogP) is 3.39. The first-order valence-electron chi connectivity index (χ1n) is 6.90. The van der Waals surface area contributed by atoms with Gasteiger partial charge in [-0.2, -0.15) is 13.2 Å². The van der Waals surface area contributed by atoms with Crippen LogP contribution in [0, 0.1) is 5.92 Å². The number of hydrogen-bond donors (Lipinski definition) is 1. The van der Waals surface area contributed by atoms with Crippen molar-refractivity contribution in [1.29, 1.82) is 0 Å². The van der Waals surface area contributed by atoms with E-state index in [2.05, 4.69) is 0 Å². The number of hydrogen-bond acceptors (Lipinski definition) is 2. The fourth-order valence-electron chi connectivity index (χ4n) is 2.68. The lowest BCUT2D eigenvalue weighted by Crippen LogP contribution is -2.43. The van der Waals surface area contributed by atoms with Crippen LogP contribution >= 0.6 is 0 Å². The van der Waals surface area contributed by atoms with Crippen molar-refractivity contribution in [1.82, 2.24) is 4.90 Å². The standard InChI is InChI=1S/C15H18F3NO2/c1-10-5-6-12(14(20)21)9-19(10)8-11-3-2-4-13(7-11)15(16,17)18/h2-4,7,10,12H,5-6,8-9H2,1H3,(H,20,21). The van der Waals surface area contributed by atoms with Crippen molar-refractivity contribution >= 4 is 5.97 Å². The number of carbonyl (C=O) groups is 1. The Kier molecular flexibility index (Phi) is 4.56. The molecule has 1 fully saturated rings. The lowest BCUT2D eigenvalue weighted by atomic mass is 9.93. The van der Waals surface area contributed by atoms with Crippen molar-refractivity contribution in [2.24, 2.45) is 5.92 Å². The molecule has 0 aromatic heterocycles. The Morgan fingerprint density at radius 1 is 1.38 bits per heavy atom. The van der Waals surface area contributed by atoms with E-state index >= 15 is 0 Å². The van der Waals surface area contributed by atoms with Gasteiger partial charge in [-0.05, 0) is 31.4 Å². The molecule has 2 rings (SSSR count). The third-order valence-electron chi connectivity index (χ3n) is 4.00. The number of likely N-dealkylation sites (tertiary alicyclic amines) is 1. The van der Waals surface area contributed by atoms with Gasteiger partial charge >= 0.3 is 12.1 Å². The Morgan fingerprint density at radius 3 is 2.71 bits per heavy atom. The maximum Gasteiger partial charge on any atom is 0.416 e. The molecule has 3 nitrogen and oxygen atoms in total. The molecule has 0 saturated carbocycles. The summed E-state index contributed by atoms with van der Waals surface area (Å²) in [6.07, 6.45) is -2.99. The van der Waals surface area contributed by atoms with Crippen molar-refractivity contribution in [3.63, 3.8) is 0 Å². The molecule has 0 amide bonds. The minimum atomic E-state index is -4.35. The molecule has 6 heteroatoms. The van der Waals surface area contributed by atoms with Crippen LogP contribution in [0.15, 0.2) is 24.3 Å². The van der Waals surface area contributed by atoms with Gasteiger partial charge in [0, 0.05) is 19.1 Å². The quantitative estimate of drug-likeness (QED) is 0.930. The highest BCUT2D eigenvalue weighted by Crippen LogP contribution is 2.30. The van der Waals surface area contributed by atoms with Gasteiger partial charge in [0.2, 0.25) is 0 Å². The molecular weight excluding hydrogens is 283 g/mol. The normalized spacial score (nSPS) is 24.0. The fourth-order valence-corrected chi connectivity index (χ4v) is 2.68. The van der Waals surface area contributed by atoms with E-state index in [4.69, 9.17) is 5.11 Å². The van der Waals surface area contributed by atoms with Crippen LogP contribution in [0.1, 0.15) is 30.9 Å². The second-order valence-corrected chi connectivity index (χ2v) is 5.59. The first-order chi connectivity index (χ1) is 9.77. The Morgan fingerprint density at radius 2 is 2.10 bits per heavy atom. The summed E-state index contributed by atoms with van der Waals surface area (Å²) >= 11 is 0. The van der Waals surface area contributed by atoms with Gasteiger partial charge < -0.3 is 5.11 Å². The summed E-state index contributed by atoms with van der Waals surface area (Å²) in [6.45, 7) is 2.70. The predicted molar refractivity (Wildman–Crippen MR) is 71.7 cm³/mol. The zero-order valence-electron chi connectivity index (χ0n) is 11.7. The van der Waals surface area contributed by atoms with Gasteiger partial charge in [-0.3, -0.25) is 9.69 Å². The van der Waals surface area contributed by atoms with Crippen molar-refractivity contribution in [3.8, 4) is 0 Å². The molecule has 1 saturated heterocycles. The monoisotopic (exact) mass is 301 g/mol. The van der Waals surface area contributed by atoms with E-state index in [0.717, 1.165) is 18.6 Å². The van der Waals surface area contributed by atoms with Crippen LogP contribution in [0.5, 0.6) is 0 Å². The third kappa shape index (κ3) is 3.97. The second kappa shape index (κ2) is 6.05. The average molecular weight is 301 g/mol. The van der Waals surface area contributed by atoms with E-state index in [1.807, 2.05) is 11.8 Å². The van der Waals surface area contributed by atoms with Crippen LogP contribution < -0.4 is 0 Å². The number of piperidine rings is 1. The molecular formula is C15H18F3NO2. The molecule has 1 aliphatic heterocycles. The van der Waals surface area contributed by atoms with Gasteiger partial charge in [-0.15, -0.1) is 0 Å². The molecule has 1 heterocycles. The third-order valence-corrected chi connectivity index (χ3v) is 4.00. The number of halogens is 3. The van der Waals surface area contributed by atoms with E-state index < -0.39 is 23.6 Å². The first-order valence-corrected chi connectivity index (χ1v) is 6.90. The summed E-state index contributed by atoms with van der Waals surface area (Å²) in [5.74, 6) is -1.28. The number of benzene rings is 1. The average Bonchev–Trinajstić information content (AvgIpc) is 2.40. The van der Waals surface area contributed by atoms with Gasteiger partial charge in [0.05, 0.1) is 11.5 Å². The summed E-state index contributed by atoms with van der Waals surface area (Å²) in [7, 11) is 0. The van der Waals surface area contributed by atoms with Gasteiger partial charge in [0.25, 0.3) is 0 Å². The maximum absolute atomic E-state index is 12.7. The van der Waals surface area contributed by atoms with Gasteiger partial charge in [-0.1, -0.05) is 18.2 Å². The van der Waals surface area contributed by atoms with Crippen molar-refractivity contribution < 1.29 is 23.1 Å². The summed E-state index contributed by atoms with van der Waals surface area (Å²) < 4.78 is 38.1. The lowest BCUT2D eigenvalue weighted by Gasteiger charge is -2.36. The highest BCUT2D eigenvalue weighted by Gasteiger charge is 2.32. The van der Waals surface area contributed by atoms with E-state index in [1.54, 1.807) is 6.07 Å². The number of aliphatic carboxylic acids is 1. The molecule has 116 valence electrons. The van der Waals surface area contributed by atoms with Gasteiger partial charge in [0.1, 0.15) is 0 Å². The highest BCUT2D eigenvalue weighted by atomic mass is 19.4. The van der Waals surface area contributed by atoms with Crippen LogP contribution in [0.3, 0.4) is 0 Å². The van der Waals surface area contributed by atoms with Crippen molar-refractivity contribution in [2.75, 3.05) is 6.54 Å². The number of carboxylic acid groups (broad SMARTS) is 1. The number of rotatable bonds is 3. The lowest BCUT2D eigenvalue weighted by molar-refractivity contribution is -0.144. The Labute approximate surface area is 121 Å². The summed E-state index contributed by atoms with van der Waals surface area (Å²) in [6, 6.07) is 5.39. The van der Waals surface area contributed by atoms with E-state index in [1.165, 1.54) is 6.07 Å². The highest BCUT2D eigenvalue weighted by molar-refractivity contribution is 5.70. The maximum atomic E-state index is 12.7. The summed E-state index contributed by atoms with van der Waals surface area (Å²) in [5.41, 5.74) is -0.109. The van der Waals surface area contributed by atoms with Gasteiger partial charge in [-0.25, -0.2) is 0 Å². The van der Waals surface area contributed by atoms with Crippen molar-refractivity contribution in [3.05, 3.63) is 35.4 Å². The van der Waals surface area contributed by atoms with Crippen LogP contribution in [-0.2, 0) is 17.5 Å². The summed E-state index contributed by atoms with van der Waals surface area (Å²) in [4.78, 5) is 13.0. The molecule has 1 aromatic rings. The zero-order chi connectivity index (χ0) is 15.6. The molecule has 0 bridgehead atoms. The topological polar surface area (TPSA) is 40.5 Å². The van der Waals surface area contributed by atoms with E-state index in [9.17, 15) is 18.0 Å². The zero-order valence-corrected chi connectivity index (χ0v) is 11.7. The number of carboxylic acids is 1. The molecule has 0 radical (unpaired) electrons. The van der Waals surface area contributed by atoms with E-state index in [0.29, 0.717) is 25.1 Å². The molecule has 0 spiro atoms. The fraction of sp³-hybridized carbons (Fsp3) is 0.533. The minimum Gasteiger partial charge on any atom is -0.481 e. The van der Waals surface area contributed by atoms with Crippen LogP contribution in [0.25, 0.3) is 0 Å². The molecule has 1 aliphatic rings. The van der Waals surface area contributed by atoms with Crippen LogP contribution in [0.2, 0.25) is 0 Å². The second-order valence-electron chi connectivity index (χ2n) is 5.59. The number of alkyl halides is 3. The molecule has 1 aromatic carbocycles. The van der Waals surface area contributed by atoms with Crippen LogP contribution in [-0.4, -0.2) is 28.6 Å². The molecule has 2 unspecified atom stereocenters. The molecule has 2 atom stereocenters. The van der Waals surface area contributed by atoms with E-state index in [-0.39, 0.29) is 6.04 Å². The Bertz CT molecular complexity index is 516.